The molecule has 1 aromatic rings. The Morgan fingerprint density at radius 2 is 2.60 bits per heavy atom. The summed E-state index contributed by atoms with van der Waals surface area (Å²) in [5.41, 5.74) is -0.132. The van der Waals surface area contributed by atoms with Crippen LogP contribution in [0.15, 0.2) is 10.6 Å². The van der Waals surface area contributed by atoms with Gasteiger partial charge in [0.1, 0.15) is 12.7 Å². The zero-order valence-corrected chi connectivity index (χ0v) is 8.27. The molecule has 0 amide bonds. The Labute approximate surface area is 87.0 Å². The summed E-state index contributed by atoms with van der Waals surface area (Å²) < 4.78 is 10.1. The average molecular weight is 209 g/mol. The molecule has 1 unspecified atom stereocenters. The van der Waals surface area contributed by atoms with Gasteiger partial charge in [-0.15, -0.1) is 6.42 Å². The van der Waals surface area contributed by atoms with Crippen LogP contribution in [0.5, 0.6) is 0 Å². The molecule has 1 aromatic heterocycles. The highest BCUT2D eigenvalue weighted by Gasteiger charge is 2.18. The van der Waals surface area contributed by atoms with Crippen LogP contribution < -0.4 is 0 Å². The molecule has 1 rings (SSSR count). The molecule has 0 aliphatic carbocycles. The molecule has 0 aliphatic rings. The van der Waals surface area contributed by atoms with Gasteiger partial charge >= 0.3 is 5.97 Å². The van der Waals surface area contributed by atoms with Crippen molar-refractivity contribution in [3.63, 3.8) is 0 Å². The Balaban J connectivity index is 2.74. The van der Waals surface area contributed by atoms with Crippen molar-refractivity contribution in [3.05, 3.63) is 17.5 Å². The van der Waals surface area contributed by atoms with Crippen molar-refractivity contribution in [1.82, 2.24) is 5.16 Å². The van der Waals surface area contributed by atoms with Crippen molar-refractivity contribution < 1.29 is 19.2 Å². The normalized spacial score (nSPS) is 12.0. The fraction of sp³-hybridized carbons (Fsp3) is 0.400. The molecular formula is C10H11NO4. The Morgan fingerprint density at radius 1 is 1.87 bits per heavy atom. The van der Waals surface area contributed by atoms with Gasteiger partial charge in [0.05, 0.1) is 0 Å². The second-order valence-corrected chi connectivity index (χ2v) is 2.83. The van der Waals surface area contributed by atoms with E-state index in [9.17, 15) is 4.79 Å². The molecule has 5 heteroatoms. The summed E-state index contributed by atoms with van der Waals surface area (Å²) in [6, 6.07) is 1.34. The number of hydrogen-bond donors (Lipinski definition) is 1. The highest BCUT2D eigenvalue weighted by molar-refractivity contribution is 5.85. The molecule has 1 heterocycles. The molecule has 0 aliphatic heterocycles. The van der Waals surface area contributed by atoms with Gasteiger partial charge in [0.2, 0.25) is 0 Å². The minimum atomic E-state index is -1.13. The standard InChI is InChI=1S/C10H11NO4/c1-3-5-14-8(4-2)9-6-7(10(12)13)11-15-9/h1,6,8H,4-5H2,2H3,(H,12,13). The lowest BCUT2D eigenvalue weighted by molar-refractivity contribution is 0.0528. The number of carbonyl (C=O) groups is 1. The van der Waals surface area contributed by atoms with E-state index in [0.29, 0.717) is 12.2 Å². The van der Waals surface area contributed by atoms with Crippen LogP contribution in [0.4, 0.5) is 0 Å². The summed E-state index contributed by atoms with van der Waals surface area (Å²) in [5, 5.41) is 12.0. The molecule has 0 saturated heterocycles. The van der Waals surface area contributed by atoms with Gasteiger partial charge in [-0.2, -0.15) is 0 Å². The number of ether oxygens (including phenoxy) is 1. The largest absolute Gasteiger partial charge is 0.476 e. The number of aromatic nitrogens is 1. The zero-order valence-electron chi connectivity index (χ0n) is 8.27. The van der Waals surface area contributed by atoms with E-state index in [4.69, 9.17) is 20.8 Å². The van der Waals surface area contributed by atoms with Crippen molar-refractivity contribution in [2.75, 3.05) is 6.61 Å². The van der Waals surface area contributed by atoms with E-state index in [-0.39, 0.29) is 18.4 Å². The van der Waals surface area contributed by atoms with Gasteiger partial charge in [-0.05, 0) is 6.42 Å². The van der Waals surface area contributed by atoms with Crippen LogP contribution in [-0.2, 0) is 4.74 Å². The first-order valence-corrected chi connectivity index (χ1v) is 4.44. The topological polar surface area (TPSA) is 72.6 Å². The fourth-order valence-electron chi connectivity index (χ4n) is 1.09. The van der Waals surface area contributed by atoms with Gasteiger partial charge in [0.15, 0.2) is 11.5 Å². The molecule has 0 radical (unpaired) electrons. The first kappa shape index (κ1) is 11.3. The molecule has 80 valence electrons. The number of carboxylic acid groups (broad SMARTS) is 1. The van der Waals surface area contributed by atoms with Gasteiger partial charge < -0.3 is 14.4 Å². The van der Waals surface area contributed by atoms with Gasteiger partial charge in [-0.1, -0.05) is 18.0 Å². The number of carboxylic acids is 1. The molecule has 15 heavy (non-hydrogen) atoms. The molecule has 0 saturated carbocycles. The number of terminal acetylenes is 1. The molecule has 5 nitrogen and oxygen atoms in total. The van der Waals surface area contributed by atoms with Gasteiger partial charge in [0, 0.05) is 6.07 Å². The van der Waals surface area contributed by atoms with Crippen molar-refractivity contribution in [2.24, 2.45) is 0 Å². The first-order chi connectivity index (χ1) is 7.19. The minimum Gasteiger partial charge on any atom is -0.476 e. The van der Waals surface area contributed by atoms with E-state index >= 15 is 0 Å². The summed E-state index contributed by atoms with van der Waals surface area (Å²) in [6.07, 6.45) is 5.34. The molecular weight excluding hydrogens is 198 g/mol. The maximum atomic E-state index is 10.5. The van der Waals surface area contributed by atoms with Gasteiger partial charge in [-0.25, -0.2) is 4.79 Å². The Kier molecular flexibility index (Phi) is 3.89. The Morgan fingerprint density at radius 3 is 3.07 bits per heavy atom. The molecule has 0 fully saturated rings. The van der Waals surface area contributed by atoms with E-state index in [1.54, 1.807) is 0 Å². The molecule has 0 aromatic carbocycles. The van der Waals surface area contributed by atoms with E-state index in [1.807, 2.05) is 6.92 Å². The number of nitrogens with zero attached hydrogens (tertiary/aromatic N) is 1. The van der Waals surface area contributed by atoms with Crippen LogP contribution in [0.1, 0.15) is 35.7 Å². The summed E-state index contributed by atoms with van der Waals surface area (Å²) in [5.74, 6) is 1.58. The van der Waals surface area contributed by atoms with E-state index in [2.05, 4.69) is 11.1 Å². The summed E-state index contributed by atoms with van der Waals surface area (Å²) in [6.45, 7) is 2.03. The fourth-order valence-corrected chi connectivity index (χ4v) is 1.09. The third kappa shape index (κ3) is 2.82. The van der Waals surface area contributed by atoms with Crippen molar-refractivity contribution in [2.45, 2.75) is 19.4 Å². The maximum absolute atomic E-state index is 10.5. The summed E-state index contributed by atoms with van der Waals surface area (Å²) in [4.78, 5) is 10.5. The Bertz CT molecular complexity index is 377. The Hall–Kier alpha value is -1.80. The number of rotatable bonds is 5. The second-order valence-electron chi connectivity index (χ2n) is 2.83. The minimum absolute atomic E-state index is 0.132. The summed E-state index contributed by atoms with van der Waals surface area (Å²) in [7, 11) is 0. The lowest BCUT2D eigenvalue weighted by Gasteiger charge is -2.09. The van der Waals surface area contributed by atoms with Crippen LogP contribution in [-0.4, -0.2) is 22.8 Å². The SMILES string of the molecule is C#CCOC(CC)c1cc(C(=O)O)no1. The highest BCUT2D eigenvalue weighted by Crippen LogP contribution is 2.21. The number of aromatic carboxylic acids is 1. The van der Waals surface area contributed by atoms with E-state index in [0.717, 1.165) is 0 Å². The average Bonchev–Trinajstić information content (AvgIpc) is 2.68. The third-order valence-corrected chi connectivity index (χ3v) is 1.80. The van der Waals surface area contributed by atoms with Crippen molar-refractivity contribution in [3.8, 4) is 12.3 Å². The lowest BCUT2D eigenvalue weighted by Crippen LogP contribution is -2.02. The van der Waals surface area contributed by atoms with Crippen molar-refractivity contribution in [1.29, 1.82) is 0 Å². The zero-order chi connectivity index (χ0) is 11.3. The highest BCUT2D eigenvalue weighted by atomic mass is 16.5. The molecule has 1 N–H and O–H groups in total. The van der Waals surface area contributed by atoms with Crippen LogP contribution >= 0.6 is 0 Å². The van der Waals surface area contributed by atoms with Gasteiger partial charge in [-0.3, -0.25) is 0 Å². The smallest absolute Gasteiger partial charge is 0.358 e. The van der Waals surface area contributed by atoms with E-state index in [1.165, 1.54) is 6.07 Å². The molecule has 0 spiro atoms. The quantitative estimate of drug-likeness (QED) is 0.743. The third-order valence-electron chi connectivity index (χ3n) is 1.80. The lowest BCUT2D eigenvalue weighted by atomic mass is 10.2. The van der Waals surface area contributed by atoms with Crippen LogP contribution in [0.25, 0.3) is 0 Å². The first-order valence-electron chi connectivity index (χ1n) is 4.44. The van der Waals surface area contributed by atoms with Crippen LogP contribution in [0, 0.1) is 12.3 Å². The maximum Gasteiger partial charge on any atom is 0.358 e. The van der Waals surface area contributed by atoms with Gasteiger partial charge in [0.25, 0.3) is 0 Å². The van der Waals surface area contributed by atoms with Crippen LogP contribution in [0.3, 0.4) is 0 Å². The monoisotopic (exact) mass is 209 g/mol. The molecule has 1 atom stereocenters. The predicted molar refractivity (Wildman–Crippen MR) is 51.3 cm³/mol. The predicted octanol–water partition coefficient (Wildman–Crippen LogP) is 1.47. The molecule has 0 bridgehead atoms. The number of hydrogen-bond acceptors (Lipinski definition) is 4. The van der Waals surface area contributed by atoms with Crippen molar-refractivity contribution >= 4 is 5.97 Å². The van der Waals surface area contributed by atoms with Crippen LogP contribution in [0.2, 0.25) is 0 Å². The van der Waals surface area contributed by atoms with E-state index < -0.39 is 5.97 Å². The second kappa shape index (κ2) is 5.17. The summed E-state index contributed by atoms with van der Waals surface area (Å²) >= 11 is 0.